The van der Waals surface area contributed by atoms with E-state index in [9.17, 15) is 4.79 Å². The van der Waals surface area contributed by atoms with Crippen LogP contribution >= 0.6 is 0 Å². The fourth-order valence-electron chi connectivity index (χ4n) is 4.49. The molecule has 1 saturated carbocycles. The van der Waals surface area contributed by atoms with Crippen LogP contribution in [0, 0.1) is 11.8 Å². The first-order chi connectivity index (χ1) is 13.5. The van der Waals surface area contributed by atoms with Gasteiger partial charge in [0.1, 0.15) is 11.6 Å². The van der Waals surface area contributed by atoms with E-state index in [-0.39, 0.29) is 5.92 Å². The van der Waals surface area contributed by atoms with Gasteiger partial charge >= 0.3 is 0 Å². The van der Waals surface area contributed by atoms with E-state index in [0.29, 0.717) is 11.8 Å². The molecule has 152 valence electrons. The topological polar surface area (TPSA) is 67.2 Å². The Morgan fingerprint density at radius 1 is 1.11 bits per heavy atom. The minimum atomic E-state index is 0.252. The van der Waals surface area contributed by atoms with Crippen molar-refractivity contribution >= 4 is 22.8 Å². The molecule has 2 aromatic rings. The Morgan fingerprint density at radius 2 is 1.82 bits per heavy atom. The van der Waals surface area contributed by atoms with Crippen LogP contribution in [-0.2, 0) is 18.3 Å². The number of aromatic nitrogens is 4. The third-order valence-corrected chi connectivity index (χ3v) is 6.05. The molecule has 0 spiro atoms. The standard InChI is InChI=1S/C21H32N6O/c1-15(2)13-18-23-19-17(14-22-25(19)3)20(24-18)26-9-11-27(12-10-26)21(28)16-7-5-4-6-8-16/h14-16H,4-13H2,1-3H3. The molecule has 1 amide bonds. The van der Waals surface area contributed by atoms with Gasteiger partial charge in [0.05, 0.1) is 11.6 Å². The van der Waals surface area contributed by atoms with Gasteiger partial charge in [-0.05, 0) is 18.8 Å². The summed E-state index contributed by atoms with van der Waals surface area (Å²) in [6.07, 6.45) is 8.55. The molecule has 0 unspecified atom stereocenters. The summed E-state index contributed by atoms with van der Waals surface area (Å²) in [4.78, 5) is 26.9. The Kier molecular flexibility index (Phi) is 5.51. The Balaban J connectivity index is 1.51. The molecular weight excluding hydrogens is 352 g/mol. The number of amides is 1. The van der Waals surface area contributed by atoms with Crippen molar-refractivity contribution in [3.8, 4) is 0 Å². The smallest absolute Gasteiger partial charge is 0.225 e. The highest BCUT2D eigenvalue weighted by Crippen LogP contribution is 2.28. The lowest BCUT2D eigenvalue weighted by molar-refractivity contribution is -0.136. The fraction of sp³-hybridized carbons (Fsp3) is 0.714. The molecule has 2 fully saturated rings. The summed E-state index contributed by atoms with van der Waals surface area (Å²) in [5, 5.41) is 5.40. The number of anilines is 1. The number of piperazine rings is 1. The van der Waals surface area contributed by atoms with E-state index in [1.165, 1.54) is 19.3 Å². The molecule has 1 saturated heterocycles. The van der Waals surface area contributed by atoms with E-state index >= 15 is 0 Å². The largest absolute Gasteiger partial charge is 0.352 e. The molecule has 0 N–H and O–H groups in total. The SMILES string of the molecule is CC(C)Cc1nc(N2CCN(C(=O)C3CCCCC3)CC2)c2cnn(C)c2n1. The molecule has 7 heteroatoms. The second-order valence-corrected chi connectivity index (χ2v) is 8.71. The highest BCUT2D eigenvalue weighted by atomic mass is 16.2. The van der Waals surface area contributed by atoms with E-state index in [2.05, 4.69) is 28.7 Å². The molecule has 1 aliphatic carbocycles. The second-order valence-electron chi connectivity index (χ2n) is 8.71. The number of carbonyl (C=O) groups excluding carboxylic acids is 1. The number of fused-ring (bicyclic) bond motifs is 1. The molecule has 2 aromatic heterocycles. The summed E-state index contributed by atoms with van der Waals surface area (Å²) < 4.78 is 1.83. The summed E-state index contributed by atoms with van der Waals surface area (Å²) in [7, 11) is 1.93. The van der Waals surface area contributed by atoms with Crippen molar-refractivity contribution in [3.05, 3.63) is 12.0 Å². The average molecular weight is 385 g/mol. The second kappa shape index (κ2) is 8.05. The van der Waals surface area contributed by atoms with E-state index < -0.39 is 0 Å². The first kappa shape index (κ1) is 19.2. The summed E-state index contributed by atoms with van der Waals surface area (Å²) in [6.45, 7) is 7.57. The van der Waals surface area contributed by atoms with Crippen LogP contribution in [0.4, 0.5) is 5.82 Å². The Hall–Kier alpha value is -2.18. The van der Waals surface area contributed by atoms with Crippen molar-refractivity contribution in [3.63, 3.8) is 0 Å². The van der Waals surface area contributed by atoms with Crippen LogP contribution in [0.1, 0.15) is 51.8 Å². The lowest BCUT2D eigenvalue weighted by Crippen LogP contribution is -2.51. The van der Waals surface area contributed by atoms with Gasteiger partial charge in [-0.2, -0.15) is 5.10 Å². The van der Waals surface area contributed by atoms with Crippen molar-refractivity contribution in [1.82, 2.24) is 24.6 Å². The molecule has 0 atom stereocenters. The average Bonchev–Trinajstić information content (AvgIpc) is 3.08. The number of aryl methyl sites for hydroxylation is 1. The minimum absolute atomic E-state index is 0.252. The van der Waals surface area contributed by atoms with Crippen LogP contribution in [0.2, 0.25) is 0 Å². The first-order valence-corrected chi connectivity index (χ1v) is 10.8. The Morgan fingerprint density at radius 3 is 2.50 bits per heavy atom. The fourth-order valence-corrected chi connectivity index (χ4v) is 4.49. The maximum Gasteiger partial charge on any atom is 0.225 e. The van der Waals surface area contributed by atoms with Crippen molar-refractivity contribution in [2.75, 3.05) is 31.1 Å². The number of carbonyl (C=O) groups is 1. The van der Waals surface area contributed by atoms with Gasteiger partial charge in [0.15, 0.2) is 5.65 Å². The van der Waals surface area contributed by atoms with Crippen molar-refractivity contribution in [2.24, 2.45) is 18.9 Å². The summed E-state index contributed by atoms with van der Waals surface area (Å²) in [5.41, 5.74) is 0.890. The van der Waals surface area contributed by atoms with Gasteiger partial charge in [-0.3, -0.25) is 9.48 Å². The van der Waals surface area contributed by atoms with Gasteiger partial charge in [0, 0.05) is 45.6 Å². The van der Waals surface area contributed by atoms with Gasteiger partial charge in [-0.1, -0.05) is 33.1 Å². The predicted molar refractivity (Wildman–Crippen MR) is 110 cm³/mol. The maximum absolute atomic E-state index is 12.9. The zero-order valence-corrected chi connectivity index (χ0v) is 17.4. The van der Waals surface area contributed by atoms with Crippen LogP contribution in [0.5, 0.6) is 0 Å². The third-order valence-electron chi connectivity index (χ3n) is 6.05. The minimum Gasteiger partial charge on any atom is -0.352 e. The van der Waals surface area contributed by atoms with Crippen molar-refractivity contribution in [2.45, 2.75) is 52.4 Å². The summed E-state index contributed by atoms with van der Waals surface area (Å²) in [6, 6.07) is 0. The molecule has 0 bridgehead atoms. The van der Waals surface area contributed by atoms with E-state index in [1.807, 2.05) is 17.9 Å². The molecule has 1 aliphatic heterocycles. The van der Waals surface area contributed by atoms with Crippen LogP contribution in [0.15, 0.2) is 6.20 Å². The number of hydrogen-bond acceptors (Lipinski definition) is 5. The normalized spacial score (nSPS) is 19.0. The lowest BCUT2D eigenvalue weighted by Gasteiger charge is -2.37. The van der Waals surface area contributed by atoms with E-state index in [1.54, 1.807) is 0 Å². The third kappa shape index (κ3) is 3.84. The molecular formula is C21H32N6O. The highest BCUT2D eigenvalue weighted by molar-refractivity contribution is 5.87. The molecule has 3 heterocycles. The zero-order chi connectivity index (χ0) is 19.7. The molecule has 4 rings (SSSR count). The van der Waals surface area contributed by atoms with Gasteiger partial charge in [0.25, 0.3) is 0 Å². The van der Waals surface area contributed by atoms with Crippen molar-refractivity contribution < 1.29 is 4.79 Å². The van der Waals surface area contributed by atoms with Gasteiger partial charge in [-0.15, -0.1) is 0 Å². The molecule has 28 heavy (non-hydrogen) atoms. The van der Waals surface area contributed by atoms with E-state index in [0.717, 1.165) is 68.1 Å². The van der Waals surface area contributed by atoms with Crippen LogP contribution < -0.4 is 4.90 Å². The number of nitrogens with zero attached hydrogens (tertiary/aromatic N) is 6. The van der Waals surface area contributed by atoms with Gasteiger partial charge < -0.3 is 9.80 Å². The molecule has 0 aromatic carbocycles. The van der Waals surface area contributed by atoms with Crippen LogP contribution in [-0.4, -0.2) is 56.7 Å². The Bertz CT molecular complexity index is 831. The number of rotatable bonds is 4. The Labute approximate surface area is 167 Å². The number of hydrogen-bond donors (Lipinski definition) is 0. The lowest BCUT2D eigenvalue weighted by atomic mass is 9.88. The van der Waals surface area contributed by atoms with Gasteiger partial charge in [0.2, 0.25) is 5.91 Å². The van der Waals surface area contributed by atoms with Crippen molar-refractivity contribution in [1.29, 1.82) is 0 Å². The molecule has 2 aliphatic rings. The first-order valence-electron chi connectivity index (χ1n) is 10.8. The molecule has 7 nitrogen and oxygen atoms in total. The molecule has 0 radical (unpaired) electrons. The predicted octanol–water partition coefficient (Wildman–Crippen LogP) is 2.79. The highest BCUT2D eigenvalue weighted by Gasteiger charge is 2.29. The van der Waals surface area contributed by atoms with Crippen LogP contribution in [0.25, 0.3) is 11.0 Å². The summed E-state index contributed by atoms with van der Waals surface area (Å²) in [5.74, 6) is 2.97. The summed E-state index contributed by atoms with van der Waals surface area (Å²) >= 11 is 0. The van der Waals surface area contributed by atoms with E-state index in [4.69, 9.17) is 9.97 Å². The zero-order valence-electron chi connectivity index (χ0n) is 17.4. The monoisotopic (exact) mass is 384 g/mol. The quantitative estimate of drug-likeness (QED) is 0.811. The maximum atomic E-state index is 12.9. The van der Waals surface area contributed by atoms with Gasteiger partial charge in [-0.25, -0.2) is 9.97 Å². The van der Waals surface area contributed by atoms with Crippen LogP contribution in [0.3, 0.4) is 0 Å².